The molecule has 1 aromatic heterocycles. The quantitative estimate of drug-likeness (QED) is 0.287. The minimum atomic E-state index is -0.581. The fourth-order valence-electron chi connectivity index (χ4n) is 1.84. The molecule has 0 spiro atoms. The van der Waals surface area contributed by atoms with Crippen molar-refractivity contribution in [2.75, 3.05) is 13.2 Å². The van der Waals surface area contributed by atoms with Crippen LogP contribution in [0.4, 0.5) is 0 Å². The molecule has 0 aliphatic rings. The van der Waals surface area contributed by atoms with E-state index in [0.717, 1.165) is 0 Å². The molecule has 110 valence electrons. The molecule has 0 aliphatic carbocycles. The number of ether oxygens (including phenoxy) is 1. The number of benzene rings is 1. The summed E-state index contributed by atoms with van der Waals surface area (Å²) in [4.78, 5) is 26.8. The maximum absolute atomic E-state index is 11.5. The molecule has 1 aromatic carbocycles. The standard InChI is InChI=1S/C14H14N2O5/c1-2-20-13(18)8-15-14(16-19)10-7-12(17)21-11-6-4-3-5-9(10)11/h3-7,19H,2,8H2,1H3,(H,15,16). The Hall–Kier alpha value is -2.67. The number of para-hydroxylation sites is 1. The second kappa shape index (κ2) is 6.67. The second-order valence-corrected chi connectivity index (χ2v) is 4.06. The van der Waals surface area contributed by atoms with Crippen LogP contribution in [0, 0.1) is 0 Å². The van der Waals surface area contributed by atoms with Crippen LogP contribution in [0.25, 0.3) is 11.0 Å². The summed E-state index contributed by atoms with van der Waals surface area (Å²) < 4.78 is 9.80. The maximum atomic E-state index is 11.5. The fraction of sp³-hybridized carbons (Fsp3) is 0.214. The Labute approximate surface area is 119 Å². The van der Waals surface area contributed by atoms with Gasteiger partial charge in [-0.3, -0.25) is 20.5 Å². The zero-order chi connectivity index (χ0) is 15.2. The van der Waals surface area contributed by atoms with Gasteiger partial charge in [-0.05, 0) is 13.0 Å². The van der Waals surface area contributed by atoms with Crippen LogP contribution in [0.5, 0.6) is 0 Å². The van der Waals surface area contributed by atoms with Gasteiger partial charge in [-0.15, -0.1) is 0 Å². The summed E-state index contributed by atoms with van der Waals surface area (Å²) in [5, 5.41) is 9.79. The molecule has 0 atom stereocenters. The van der Waals surface area contributed by atoms with Crippen molar-refractivity contribution in [2.24, 2.45) is 4.99 Å². The minimum absolute atomic E-state index is 0.00727. The van der Waals surface area contributed by atoms with E-state index in [1.807, 2.05) is 5.48 Å². The first-order chi connectivity index (χ1) is 10.2. The van der Waals surface area contributed by atoms with Gasteiger partial charge in [-0.25, -0.2) is 4.79 Å². The third-order valence-electron chi connectivity index (χ3n) is 2.68. The number of esters is 1. The van der Waals surface area contributed by atoms with Gasteiger partial charge in [0.1, 0.15) is 12.1 Å². The van der Waals surface area contributed by atoms with Gasteiger partial charge in [0, 0.05) is 17.0 Å². The Kier molecular flexibility index (Phi) is 4.68. The summed E-state index contributed by atoms with van der Waals surface area (Å²) in [7, 11) is 0. The molecule has 2 aromatic rings. The van der Waals surface area contributed by atoms with Gasteiger partial charge >= 0.3 is 11.6 Å². The van der Waals surface area contributed by atoms with Gasteiger partial charge in [0.25, 0.3) is 0 Å². The average molecular weight is 290 g/mol. The van der Waals surface area contributed by atoms with E-state index < -0.39 is 11.6 Å². The van der Waals surface area contributed by atoms with Gasteiger partial charge in [-0.2, -0.15) is 0 Å². The first-order valence-electron chi connectivity index (χ1n) is 6.29. The summed E-state index contributed by atoms with van der Waals surface area (Å²) in [5.41, 5.74) is 2.02. The molecule has 0 fully saturated rings. The van der Waals surface area contributed by atoms with Crippen LogP contribution in [0.3, 0.4) is 0 Å². The number of nitrogens with one attached hydrogen (secondary N) is 1. The summed E-state index contributed by atoms with van der Waals surface area (Å²) >= 11 is 0. The fourth-order valence-corrected chi connectivity index (χ4v) is 1.84. The van der Waals surface area contributed by atoms with Crippen molar-refractivity contribution in [1.82, 2.24) is 5.48 Å². The molecule has 0 radical (unpaired) electrons. The van der Waals surface area contributed by atoms with Crippen molar-refractivity contribution in [2.45, 2.75) is 6.92 Å². The molecule has 0 saturated heterocycles. The van der Waals surface area contributed by atoms with E-state index in [1.165, 1.54) is 6.07 Å². The van der Waals surface area contributed by atoms with Crippen LogP contribution in [0.1, 0.15) is 12.5 Å². The topological polar surface area (TPSA) is 101 Å². The number of fused-ring (bicyclic) bond motifs is 1. The normalized spacial score (nSPS) is 11.4. The Morgan fingerprint density at radius 1 is 1.43 bits per heavy atom. The molecule has 0 amide bonds. The molecule has 0 aliphatic heterocycles. The zero-order valence-electron chi connectivity index (χ0n) is 11.3. The highest BCUT2D eigenvalue weighted by atomic mass is 16.5. The van der Waals surface area contributed by atoms with Gasteiger partial charge in [0.2, 0.25) is 0 Å². The second-order valence-electron chi connectivity index (χ2n) is 4.06. The predicted molar refractivity (Wildman–Crippen MR) is 75.4 cm³/mol. The van der Waals surface area contributed by atoms with Crippen molar-refractivity contribution in [3.05, 3.63) is 46.3 Å². The molecule has 7 heteroatoms. The molecule has 21 heavy (non-hydrogen) atoms. The molecule has 7 nitrogen and oxygen atoms in total. The number of carbonyl (C=O) groups is 1. The van der Waals surface area contributed by atoms with E-state index in [-0.39, 0.29) is 19.0 Å². The van der Waals surface area contributed by atoms with E-state index in [0.29, 0.717) is 16.5 Å². The van der Waals surface area contributed by atoms with Gasteiger partial charge in [-0.1, -0.05) is 18.2 Å². The molecule has 2 N–H and O–H groups in total. The van der Waals surface area contributed by atoms with Crippen molar-refractivity contribution >= 4 is 22.8 Å². The monoisotopic (exact) mass is 290 g/mol. The smallest absolute Gasteiger partial charge is 0.336 e. The molecule has 0 unspecified atom stereocenters. The lowest BCUT2D eigenvalue weighted by Crippen LogP contribution is -2.24. The van der Waals surface area contributed by atoms with E-state index in [4.69, 9.17) is 9.15 Å². The molecule has 1 heterocycles. The molecular formula is C14H14N2O5. The Morgan fingerprint density at radius 3 is 2.90 bits per heavy atom. The SMILES string of the molecule is CCOC(=O)CN=C(NO)c1cc(=O)oc2ccccc12. The lowest BCUT2D eigenvalue weighted by molar-refractivity contribution is -0.141. The number of carbonyl (C=O) groups excluding carboxylic acids is 1. The lowest BCUT2D eigenvalue weighted by atomic mass is 10.1. The summed E-state index contributed by atoms with van der Waals surface area (Å²) in [5.74, 6) is -0.537. The molecule has 0 saturated carbocycles. The Bertz CT molecular complexity index is 735. The highest BCUT2D eigenvalue weighted by Crippen LogP contribution is 2.16. The van der Waals surface area contributed by atoms with E-state index >= 15 is 0 Å². The van der Waals surface area contributed by atoms with E-state index in [1.54, 1.807) is 31.2 Å². The number of rotatable bonds is 4. The number of nitrogens with zero attached hydrogens (tertiary/aromatic N) is 1. The third-order valence-corrected chi connectivity index (χ3v) is 2.68. The van der Waals surface area contributed by atoms with Gasteiger partial charge < -0.3 is 9.15 Å². The lowest BCUT2D eigenvalue weighted by Gasteiger charge is -2.07. The molecule has 0 bridgehead atoms. The predicted octanol–water partition coefficient (Wildman–Crippen LogP) is 1.08. The molecule has 2 rings (SSSR count). The summed E-state index contributed by atoms with van der Waals surface area (Å²) in [6, 6.07) is 8.00. The van der Waals surface area contributed by atoms with E-state index in [2.05, 4.69) is 4.99 Å². The van der Waals surface area contributed by atoms with Crippen molar-refractivity contribution in [1.29, 1.82) is 0 Å². The van der Waals surface area contributed by atoms with Crippen molar-refractivity contribution in [3.63, 3.8) is 0 Å². The van der Waals surface area contributed by atoms with Gasteiger partial charge in [0.05, 0.1) is 6.61 Å². The maximum Gasteiger partial charge on any atom is 0.336 e. The Balaban J connectivity index is 2.45. The van der Waals surface area contributed by atoms with Crippen LogP contribution in [0.15, 0.2) is 44.5 Å². The van der Waals surface area contributed by atoms with Crippen molar-refractivity contribution < 1.29 is 19.2 Å². The minimum Gasteiger partial charge on any atom is -0.465 e. The molecular weight excluding hydrogens is 276 g/mol. The number of hydrogen-bond acceptors (Lipinski definition) is 6. The first kappa shape index (κ1) is 14.7. The summed E-state index contributed by atoms with van der Waals surface area (Å²) in [6.45, 7) is 1.65. The van der Waals surface area contributed by atoms with Crippen LogP contribution in [0.2, 0.25) is 0 Å². The highest BCUT2D eigenvalue weighted by Gasteiger charge is 2.11. The van der Waals surface area contributed by atoms with Crippen LogP contribution < -0.4 is 11.1 Å². The summed E-state index contributed by atoms with van der Waals surface area (Å²) in [6.07, 6.45) is 0. The van der Waals surface area contributed by atoms with Gasteiger partial charge in [0.15, 0.2) is 5.84 Å². The number of hydroxylamine groups is 1. The number of hydrogen-bond donors (Lipinski definition) is 2. The van der Waals surface area contributed by atoms with Crippen molar-refractivity contribution in [3.8, 4) is 0 Å². The van der Waals surface area contributed by atoms with Crippen LogP contribution >= 0.6 is 0 Å². The van der Waals surface area contributed by atoms with Crippen LogP contribution in [-0.4, -0.2) is 30.2 Å². The average Bonchev–Trinajstić information content (AvgIpc) is 2.47. The zero-order valence-corrected chi connectivity index (χ0v) is 11.3. The third kappa shape index (κ3) is 3.46. The number of amidine groups is 1. The van der Waals surface area contributed by atoms with E-state index in [9.17, 15) is 14.8 Å². The highest BCUT2D eigenvalue weighted by molar-refractivity contribution is 6.08. The number of aliphatic imine (C=N–C) groups is 1. The largest absolute Gasteiger partial charge is 0.465 e. The first-order valence-corrected chi connectivity index (χ1v) is 6.29. The Morgan fingerprint density at radius 2 is 2.19 bits per heavy atom. The van der Waals surface area contributed by atoms with Crippen LogP contribution in [-0.2, 0) is 9.53 Å².